The SMILES string of the molecule is COc1ccccc1OCC(=O)NCCc1nnc(-c2ccccc2OC)o1. The number of nitrogens with one attached hydrogen (secondary N) is 1. The summed E-state index contributed by atoms with van der Waals surface area (Å²) in [5.41, 5.74) is 0.720. The highest BCUT2D eigenvalue weighted by Crippen LogP contribution is 2.28. The van der Waals surface area contributed by atoms with Crippen molar-refractivity contribution in [3.63, 3.8) is 0 Å². The molecule has 3 aromatic rings. The number of carbonyl (C=O) groups is 1. The molecule has 0 radical (unpaired) electrons. The molecule has 28 heavy (non-hydrogen) atoms. The van der Waals surface area contributed by atoms with Crippen LogP contribution in [0.2, 0.25) is 0 Å². The summed E-state index contributed by atoms with van der Waals surface area (Å²) in [6, 6.07) is 14.5. The van der Waals surface area contributed by atoms with E-state index in [0.29, 0.717) is 42.0 Å². The molecule has 0 aliphatic carbocycles. The summed E-state index contributed by atoms with van der Waals surface area (Å²) in [6.45, 7) is 0.234. The zero-order valence-electron chi connectivity index (χ0n) is 15.7. The minimum Gasteiger partial charge on any atom is -0.496 e. The molecular formula is C20H21N3O5. The van der Waals surface area contributed by atoms with Gasteiger partial charge >= 0.3 is 0 Å². The van der Waals surface area contributed by atoms with E-state index in [1.54, 1.807) is 26.4 Å². The number of hydrogen-bond acceptors (Lipinski definition) is 7. The van der Waals surface area contributed by atoms with E-state index in [9.17, 15) is 4.79 Å². The maximum atomic E-state index is 12.0. The van der Waals surface area contributed by atoms with Crippen LogP contribution < -0.4 is 19.5 Å². The number of para-hydroxylation sites is 3. The largest absolute Gasteiger partial charge is 0.496 e. The van der Waals surface area contributed by atoms with Crippen LogP contribution in [0.3, 0.4) is 0 Å². The Kier molecular flexibility index (Phi) is 6.46. The van der Waals surface area contributed by atoms with Crippen LogP contribution in [0.15, 0.2) is 52.9 Å². The zero-order valence-corrected chi connectivity index (χ0v) is 15.7. The van der Waals surface area contributed by atoms with Crippen LogP contribution in [0.1, 0.15) is 5.89 Å². The third-order valence-electron chi connectivity index (χ3n) is 3.89. The van der Waals surface area contributed by atoms with Gasteiger partial charge in [-0.15, -0.1) is 10.2 Å². The Morgan fingerprint density at radius 3 is 2.39 bits per heavy atom. The lowest BCUT2D eigenvalue weighted by atomic mass is 10.2. The van der Waals surface area contributed by atoms with Gasteiger partial charge in [0.05, 0.1) is 19.8 Å². The highest BCUT2D eigenvalue weighted by molar-refractivity contribution is 5.77. The van der Waals surface area contributed by atoms with Crippen molar-refractivity contribution < 1.29 is 23.4 Å². The van der Waals surface area contributed by atoms with Crippen LogP contribution in [-0.2, 0) is 11.2 Å². The van der Waals surface area contributed by atoms with Crippen molar-refractivity contribution in [3.8, 4) is 28.7 Å². The van der Waals surface area contributed by atoms with E-state index in [4.69, 9.17) is 18.6 Å². The predicted molar refractivity (Wildman–Crippen MR) is 101 cm³/mol. The molecule has 0 bridgehead atoms. The van der Waals surface area contributed by atoms with Crippen molar-refractivity contribution in [1.82, 2.24) is 15.5 Å². The molecule has 8 heteroatoms. The number of hydrogen-bond donors (Lipinski definition) is 1. The van der Waals surface area contributed by atoms with Gasteiger partial charge in [-0.25, -0.2) is 0 Å². The molecule has 1 amide bonds. The van der Waals surface area contributed by atoms with Crippen LogP contribution in [0, 0.1) is 0 Å². The molecule has 1 N–H and O–H groups in total. The minimum atomic E-state index is -0.254. The maximum Gasteiger partial charge on any atom is 0.257 e. The zero-order chi connectivity index (χ0) is 19.8. The Balaban J connectivity index is 1.48. The normalized spacial score (nSPS) is 10.4. The molecule has 0 saturated heterocycles. The molecule has 0 unspecified atom stereocenters. The number of methoxy groups -OCH3 is 2. The lowest BCUT2D eigenvalue weighted by Gasteiger charge is -2.10. The summed E-state index contributed by atoms with van der Waals surface area (Å²) in [5, 5.41) is 10.8. The molecule has 8 nitrogen and oxygen atoms in total. The van der Waals surface area contributed by atoms with E-state index in [-0.39, 0.29) is 12.5 Å². The van der Waals surface area contributed by atoms with Gasteiger partial charge in [0.1, 0.15) is 5.75 Å². The Morgan fingerprint density at radius 1 is 0.964 bits per heavy atom. The molecule has 2 aromatic carbocycles. The van der Waals surface area contributed by atoms with Gasteiger partial charge in [0.15, 0.2) is 18.1 Å². The molecular weight excluding hydrogens is 362 g/mol. The van der Waals surface area contributed by atoms with Crippen molar-refractivity contribution in [1.29, 1.82) is 0 Å². The van der Waals surface area contributed by atoms with E-state index in [1.807, 2.05) is 36.4 Å². The molecule has 3 rings (SSSR count). The van der Waals surface area contributed by atoms with Gasteiger partial charge in [-0.1, -0.05) is 24.3 Å². The molecule has 0 saturated carbocycles. The van der Waals surface area contributed by atoms with E-state index >= 15 is 0 Å². The summed E-state index contributed by atoms with van der Waals surface area (Å²) in [5.74, 6) is 2.28. The third-order valence-corrected chi connectivity index (χ3v) is 3.89. The van der Waals surface area contributed by atoms with Crippen molar-refractivity contribution in [2.75, 3.05) is 27.4 Å². The molecule has 0 aliphatic heterocycles. The summed E-state index contributed by atoms with van der Waals surface area (Å²) < 4.78 is 21.6. The number of ether oxygens (including phenoxy) is 3. The quantitative estimate of drug-likeness (QED) is 0.606. The molecule has 1 heterocycles. The van der Waals surface area contributed by atoms with Crippen LogP contribution in [0.4, 0.5) is 0 Å². The van der Waals surface area contributed by atoms with Crippen LogP contribution >= 0.6 is 0 Å². The first kappa shape index (κ1) is 19.2. The van der Waals surface area contributed by atoms with Gasteiger partial charge in [-0.2, -0.15) is 0 Å². The lowest BCUT2D eigenvalue weighted by Crippen LogP contribution is -2.30. The maximum absolute atomic E-state index is 12.0. The van der Waals surface area contributed by atoms with Gasteiger partial charge in [-0.05, 0) is 24.3 Å². The van der Waals surface area contributed by atoms with E-state index in [0.717, 1.165) is 5.56 Å². The molecule has 0 fully saturated rings. The second-order valence-electron chi connectivity index (χ2n) is 5.74. The van der Waals surface area contributed by atoms with Crippen LogP contribution in [0.5, 0.6) is 17.2 Å². The summed E-state index contributed by atoms with van der Waals surface area (Å²) in [4.78, 5) is 12.0. The van der Waals surface area contributed by atoms with Gasteiger partial charge in [-0.3, -0.25) is 4.79 Å². The number of rotatable bonds is 9. The van der Waals surface area contributed by atoms with E-state index in [1.165, 1.54) is 0 Å². The summed E-state index contributed by atoms with van der Waals surface area (Å²) >= 11 is 0. The number of carbonyl (C=O) groups excluding carboxylic acids is 1. The molecule has 146 valence electrons. The Labute approximate surface area is 162 Å². The second kappa shape index (κ2) is 9.40. The average molecular weight is 383 g/mol. The monoisotopic (exact) mass is 383 g/mol. The van der Waals surface area contributed by atoms with Gasteiger partial charge in [0.2, 0.25) is 5.89 Å². The first-order chi connectivity index (χ1) is 13.7. The topological polar surface area (TPSA) is 95.7 Å². The molecule has 0 spiro atoms. The number of nitrogens with zero attached hydrogens (tertiary/aromatic N) is 2. The minimum absolute atomic E-state index is 0.114. The summed E-state index contributed by atoms with van der Waals surface area (Å²) in [7, 11) is 3.13. The Hall–Kier alpha value is -3.55. The standard InChI is InChI=1S/C20H21N3O5/c1-25-15-8-4-3-7-14(15)20-23-22-19(28-20)11-12-21-18(24)13-27-17-10-6-5-9-16(17)26-2/h3-10H,11-13H2,1-2H3,(H,21,24). The van der Waals surface area contributed by atoms with Crippen molar-refractivity contribution in [3.05, 3.63) is 54.4 Å². The van der Waals surface area contributed by atoms with E-state index < -0.39 is 0 Å². The highest BCUT2D eigenvalue weighted by atomic mass is 16.5. The number of benzene rings is 2. The van der Waals surface area contributed by atoms with Gasteiger partial charge < -0.3 is 23.9 Å². The van der Waals surface area contributed by atoms with Crippen molar-refractivity contribution in [2.45, 2.75) is 6.42 Å². The number of aromatic nitrogens is 2. The summed E-state index contributed by atoms with van der Waals surface area (Å²) in [6.07, 6.45) is 0.405. The Morgan fingerprint density at radius 2 is 1.64 bits per heavy atom. The molecule has 1 aromatic heterocycles. The van der Waals surface area contributed by atoms with Gasteiger partial charge in [0.25, 0.3) is 11.8 Å². The van der Waals surface area contributed by atoms with Crippen molar-refractivity contribution in [2.24, 2.45) is 0 Å². The highest BCUT2D eigenvalue weighted by Gasteiger charge is 2.13. The Bertz CT molecular complexity index is 925. The smallest absolute Gasteiger partial charge is 0.257 e. The fourth-order valence-electron chi connectivity index (χ4n) is 2.53. The van der Waals surface area contributed by atoms with Crippen LogP contribution in [-0.4, -0.2) is 43.5 Å². The number of amides is 1. The first-order valence-corrected chi connectivity index (χ1v) is 8.69. The third kappa shape index (κ3) is 4.79. The molecule has 0 aliphatic rings. The predicted octanol–water partition coefficient (Wildman–Crippen LogP) is 2.49. The molecule has 0 atom stereocenters. The van der Waals surface area contributed by atoms with Gasteiger partial charge in [0, 0.05) is 13.0 Å². The second-order valence-corrected chi connectivity index (χ2v) is 5.74. The van der Waals surface area contributed by atoms with Crippen molar-refractivity contribution >= 4 is 5.91 Å². The average Bonchev–Trinajstić information content (AvgIpc) is 3.21. The van der Waals surface area contributed by atoms with E-state index in [2.05, 4.69) is 15.5 Å². The first-order valence-electron chi connectivity index (χ1n) is 8.69. The fraction of sp³-hybridized carbons (Fsp3) is 0.250. The van der Waals surface area contributed by atoms with Crippen LogP contribution in [0.25, 0.3) is 11.5 Å². The fourth-order valence-corrected chi connectivity index (χ4v) is 2.53. The lowest BCUT2D eigenvalue weighted by molar-refractivity contribution is -0.123.